The number of aliphatic carboxylic acids is 1. The molecule has 1 fully saturated rings. The van der Waals surface area contributed by atoms with E-state index in [0.717, 1.165) is 48.0 Å². The lowest BCUT2D eigenvalue weighted by Gasteiger charge is -2.38. The van der Waals surface area contributed by atoms with Crippen molar-refractivity contribution in [3.8, 4) is 0 Å². The Balaban J connectivity index is 1.32. The highest BCUT2D eigenvalue weighted by molar-refractivity contribution is 5.82. The maximum atomic E-state index is 13.5. The third kappa shape index (κ3) is 6.80. The summed E-state index contributed by atoms with van der Waals surface area (Å²) in [5.41, 5.74) is 3.93. The third-order valence-corrected chi connectivity index (χ3v) is 8.02. The van der Waals surface area contributed by atoms with Crippen molar-refractivity contribution in [2.24, 2.45) is 11.8 Å². The number of nitrogens with one attached hydrogen (secondary N) is 2. The summed E-state index contributed by atoms with van der Waals surface area (Å²) in [7, 11) is 0. The van der Waals surface area contributed by atoms with Crippen LogP contribution in [0, 0.1) is 11.8 Å². The van der Waals surface area contributed by atoms with Crippen LogP contribution in [0.5, 0.6) is 0 Å². The Morgan fingerprint density at radius 1 is 0.976 bits per heavy atom. The summed E-state index contributed by atoms with van der Waals surface area (Å²) in [6.07, 6.45) is 1.05. The quantitative estimate of drug-likeness (QED) is 0.377. The molecule has 3 N–H and O–H groups in total. The molecule has 7 nitrogen and oxygen atoms in total. The predicted octanol–water partition coefficient (Wildman–Crippen LogP) is 5.59. The van der Waals surface area contributed by atoms with Crippen LogP contribution in [-0.2, 0) is 15.8 Å². The molecule has 5 rings (SSSR count). The number of hydrogen-bond donors (Lipinski definition) is 3. The van der Waals surface area contributed by atoms with Gasteiger partial charge in [0.15, 0.2) is 0 Å². The highest BCUT2D eigenvalue weighted by Gasteiger charge is 2.32. The van der Waals surface area contributed by atoms with Crippen molar-refractivity contribution in [2.75, 3.05) is 31.1 Å². The number of halogens is 3. The van der Waals surface area contributed by atoms with E-state index in [4.69, 9.17) is 0 Å². The molecule has 1 saturated heterocycles. The van der Waals surface area contributed by atoms with E-state index in [9.17, 15) is 27.9 Å². The smallest absolute Gasteiger partial charge is 0.416 e. The summed E-state index contributed by atoms with van der Waals surface area (Å²) in [5.74, 6) is -1.23. The van der Waals surface area contributed by atoms with Crippen molar-refractivity contribution in [3.63, 3.8) is 0 Å². The van der Waals surface area contributed by atoms with Crippen molar-refractivity contribution in [1.82, 2.24) is 15.5 Å². The number of rotatable bonds is 8. The molecule has 2 heterocycles. The minimum atomic E-state index is -4.43. The number of alkyl halides is 3. The molecule has 2 aromatic carbocycles. The van der Waals surface area contributed by atoms with Crippen LogP contribution in [0.25, 0.3) is 5.70 Å². The Hall–Kier alpha value is -4.21. The molecule has 42 heavy (non-hydrogen) atoms. The van der Waals surface area contributed by atoms with E-state index in [-0.39, 0.29) is 24.2 Å². The van der Waals surface area contributed by atoms with E-state index >= 15 is 0 Å². The topological polar surface area (TPSA) is 84.9 Å². The number of fused-ring (bicyclic) bond motifs is 1. The number of benzene rings is 2. The second-order valence-electron chi connectivity index (χ2n) is 11.1. The van der Waals surface area contributed by atoms with Gasteiger partial charge in [0, 0.05) is 44.0 Å². The van der Waals surface area contributed by atoms with Gasteiger partial charge in [0.1, 0.15) is 0 Å². The first-order valence-electron chi connectivity index (χ1n) is 14.3. The van der Waals surface area contributed by atoms with Crippen molar-refractivity contribution in [3.05, 3.63) is 95.0 Å². The number of carbonyl (C=O) groups is 2. The molecule has 1 aliphatic carbocycles. The summed E-state index contributed by atoms with van der Waals surface area (Å²) < 4.78 is 39.5. The van der Waals surface area contributed by atoms with E-state index in [1.807, 2.05) is 42.2 Å². The van der Waals surface area contributed by atoms with Gasteiger partial charge in [-0.2, -0.15) is 13.2 Å². The lowest BCUT2D eigenvalue weighted by molar-refractivity contribution is -0.138. The van der Waals surface area contributed by atoms with Gasteiger partial charge in [-0.1, -0.05) is 43.3 Å². The van der Waals surface area contributed by atoms with Gasteiger partial charge in [0.2, 0.25) is 5.91 Å². The largest absolute Gasteiger partial charge is 0.481 e. The summed E-state index contributed by atoms with van der Waals surface area (Å²) >= 11 is 0. The summed E-state index contributed by atoms with van der Waals surface area (Å²) in [6.45, 7) is 4.66. The Bertz CT molecular complexity index is 1390. The standard InChI is InChI=1S/C32H35F3N4O3/c1-21(19-29(40)41)7-13-27-30(22-8-11-24(12-9-22)32(33,34)35)37-26-14-10-23(20-28(26)36-27)31(42)39-17-15-38(16-18-39)25-5-3-2-4-6-25/h2-6,8-9,11-12,14,20-21,23,36-37H,7,10,13,15-19H2,1H3,(H,40,41). The zero-order valence-corrected chi connectivity index (χ0v) is 23.5. The van der Waals surface area contributed by atoms with Crippen molar-refractivity contribution < 1.29 is 27.9 Å². The minimum Gasteiger partial charge on any atom is -0.481 e. The lowest BCUT2D eigenvalue weighted by Crippen LogP contribution is -2.50. The molecule has 0 spiro atoms. The average Bonchev–Trinajstić information content (AvgIpc) is 2.99. The van der Waals surface area contributed by atoms with Crippen LogP contribution in [0.15, 0.2) is 83.8 Å². The van der Waals surface area contributed by atoms with Crippen LogP contribution < -0.4 is 15.5 Å². The van der Waals surface area contributed by atoms with E-state index in [1.54, 1.807) is 0 Å². The maximum Gasteiger partial charge on any atom is 0.416 e. The number of nitrogens with zero attached hydrogens (tertiary/aromatic N) is 2. The monoisotopic (exact) mass is 580 g/mol. The summed E-state index contributed by atoms with van der Waals surface area (Å²) in [5, 5.41) is 16.0. The Morgan fingerprint density at radius 3 is 2.31 bits per heavy atom. The zero-order valence-electron chi connectivity index (χ0n) is 23.5. The first kappa shape index (κ1) is 29.3. The fourth-order valence-electron chi connectivity index (χ4n) is 5.66. The predicted molar refractivity (Wildman–Crippen MR) is 155 cm³/mol. The molecule has 10 heteroatoms. The minimum absolute atomic E-state index is 0.0261. The molecule has 2 aromatic rings. The van der Waals surface area contributed by atoms with Crippen LogP contribution >= 0.6 is 0 Å². The van der Waals surface area contributed by atoms with Crippen LogP contribution in [0.3, 0.4) is 0 Å². The van der Waals surface area contributed by atoms with Crippen molar-refractivity contribution in [2.45, 2.75) is 38.8 Å². The van der Waals surface area contributed by atoms with E-state index in [1.165, 1.54) is 12.1 Å². The zero-order chi connectivity index (χ0) is 29.9. The molecule has 2 unspecified atom stereocenters. The first-order chi connectivity index (χ1) is 20.1. The molecule has 0 aromatic heterocycles. The lowest BCUT2D eigenvalue weighted by atomic mass is 9.92. The van der Waals surface area contributed by atoms with Gasteiger partial charge in [0.25, 0.3) is 0 Å². The fourth-order valence-corrected chi connectivity index (χ4v) is 5.66. The second-order valence-corrected chi connectivity index (χ2v) is 11.1. The number of carboxylic acids is 1. The molecule has 3 aliphatic rings. The molecular formula is C32H35F3N4O3. The molecule has 2 atom stereocenters. The Morgan fingerprint density at radius 2 is 1.67 bits per heavy atom. The third-order valence-electron chi connectivity index (χ3n) is 8.02. The van der Waals surface area contributed by atoms with Gasteiger partial charge >= 0.3 is 12.1 Å². The van der Waals surface area contributed by atoms with Gasteiger partial charge in [-0.15, -0.1) is 0 Å². The second kappa shape index (κ2) is 12.3. The number of piperazine rings is 1. The van der Waals surface area contributed by atoms with Crippen molar-refractivity contribution in [1.29, 1.82) is 0 Å². The Kier molecular flexibility index (Phi) is 8.61. The van der Waals surface area contributed by atoms with E-state index in [2.05, 4.69) is 27.7 Å². The van der Waals surface area contributed by atoms with E-state index in [0.29, 0.717) is 43.6 Å². The van der Waals surface area contributed by atoms with Crippen LogP contribution in [0.2, 0.25) is 0 Å². The maximum absolute atomic E-state index is 13.5. The van der Waals surface area contributed by atoms with Crippen LogP contribution in [0.4, 0.5) is 18.9 Å². The number of allylic oxidation sites excluding steroid dienone is 2. The summed E-state index contributed by atoms with van der Waals surface area (Å²) in [6, 6.07) is 15.1. The number of para-hydroxylation sites is 1. The van der Waals surface area contributed by atoms with Crippen LogP contribution in [0.1, 0.15) is 43.7 Å². The molecule has 2 aliphatic heterocycles. The number of hydrogen-bond acceptors (Lipinski definition) is 5. The van der Waals surface area contributed by atoms with Gasteiger partial charge in [0.05, 0.1) is 28.6 Å². The molecule has 0 bridgehead atoms. The number of anilines is 1. The first-order valence-corrected chi connectivity index (χ1v) is 14.3. The molecule has 0 radical (unpaired) electrons. The molecule has 0 saturated carbocycles. The number of amides is 1. The normalized spacial score (nSPS) is 19.7. The SMILES string of the molecule is CC(CCC1=C(c2ccc(C(F)(F)F)cc2)NC2=CCC(C(=O)N3CCN(c4ccccc4)CC3)C=C2N1)CC(=O)O. The highest BCUT2D eigenvalue weighted by atomic mass is 19.4. The fraction of sp³-hybridized carbons (Fsp3) is 0.375. The highest BCUT2D eigenvalue weighted by Crippen LogP contribution is 2.34. The molecule has 1 amide bonds. The van der Waals surface area contributed by atoms with Gasteiger partial charge in [-0.25, -0.2) is 0 Å². The Labute approximate surface area is 243 Å². The molecular weight excluding hydrogens is 545 g/mol. The summed E-state index contributed by atoms with van der Waals surface area (Å²) in [4.78, 5) is 28.9. The van der Waals surface area contributed by atoms with Gasteiger partial charge < -0.3 is 25.5 Å². The average molecular weight is 581 g/mol. The van der Waals surface area contributed by atoms with Crippen molar-refractivity contribution >= 4 is 23.3 Å². The number of carboxylic acid groups (broad SMARTS) is 1. The molecule has 222 valence electrons. The van der Waals surface area contributed by atoms with Crippen LogP contribution in [-0.4, -0.2) is 48.1 Å². The van der Waals surface area contributed by atoms with Gasteiger partial charge in [-0.3, -0.25) is 9.59 Å². The van der Waals surface area contributed by atoms with E-state index < -0.39 is 17.7 Å². The number of carbonyl (C=O) groups excluding carboxylic acids is 1. The van der Waals surface area contributed by atoms with Gasteiger partial charge in [-0.05, 0) is 61.1 Å².